The first-order valence-electron chi connectivity index (χ1n) is 2.40. The molecule has 0 bridgehead atoms. The summed E-state index contributed by atoms with van der Waals surface area (Å²) in [5.41, 5.74) is 0. The van der Waals surface area contributed by atoms with Crippen LogP contribution in [0, 0.1) is 0 Å². The van der Waals surface area contributed by atoms with E-state index in [0.717, 1.165) is 0 Å². The highest BCUT2D eigenvalue weighted by molar-refractivity contribution is 7.80. The summed E-state index contributed by atoms with van der Waals surface area (Å²) in [6, 6.07) is 0. The van der Waals surface area contributed by atoms with Gasteiger partial charge in [-0.25, -0.2) is 0 Å². The summed E-state index contributed by atoms with van der Waals surface area (Å²) in [7, 11) is 0. The van der Waals surface area contributed by atoms with Crippen LogP contribution in [0.2, 0.25) is 0 Å². The highest BCUT2D eigenvalue weighted by Crippen LogP contribution is 2.14. The molecule has 0 saturated heterocycles. The summed E-state index contributed by atoms with van der Waals surface area (Å²) in [6.07, 6.45) is -4.81. The molecule has 0 fully saturated rings. The second kappa shape index (κ2) is 3.14. The smallest absolute Gasteiger partial charge is 0.337 e. The number of carbonyl (C=O) groups is 1. The van der Waals surface area contributed by atoms with Gasteiger partial charge in [-0.1, -0.05) is 0 Å². The first-order valence-corrected chi connectivity index (χ1v) is 2.91. The number of alkyl halides is 3. The molecular formula is C4H6F3NOS. The Balaban J connectivity index is 3.87. The summed E-state index contributed by atoms with van der Waals surface area (Å²) < 4.78 is 34.1. The molecule has 60 valence electrons. The third-order valence-electron chi connectivity index (χ3n) is 0.597. The zero-order valence-electron chi connectivity index (χ0n) is 5.07. The number of carbonyl (C=O) groups excluding carboxylic acids is 1. The van der Waals surface area contributed by atoms with E-state index in [0.29, 0.717) is 0 Å². The monoisotopic (exact) mass is 173 g/mol. The average Bonchev–Trinajstić information content (AvgIpc) is 1.60. The van der Waals surface area contributed by atoms with Crippen molar-refractivity contribution in [2.75, 3.05) is 0 Å². The molecule has 1 amide bonds. The van der Waals surface area contributed by atoms with Gasteiger partial charge in [-0.15, -0.1) is 0 Å². The fraction of sp³-hybridized carbons (Fsp3) is 0.750. The van der Waals surface area contributed by atoms with E-state index < -0.39 is 17.5 Å². The number of thiol groups is 1. The van der Waals surface area contributed by atoms with Crippen LogP contribution in [0.15, 0.2) is 0 Å². The van der Waals surface area contributed by atoms with Gasteiger partial charge in [0.2, 0.25) is 0 Å². The molecule has 0 aromatic rings. The molecule has 0 aromatic carbocycles. The van der Waals surface area contributed by atoms with Crippen molar-refractivity contribution in [3.63, 3.8) is 0 Å². The average molecular weight is 173 g/mol. The van der Waals surface area contributed by atoms with Crippen LogP contribution >= 0.6 is 12.6 Å². The number of halogens is 3. The molecule has 1 atom stereocenters. The van der Waals surface area contributed by atoms with Crippen LogP contribution in [-0.2, 0) is 4.79 Å². The van der Waals surface area contributed by atoms with Gasteiger partial charge >= 0.3 is 12.1 Å². The maximum atomic E-state index is 11.4. The molecule has 0 heterocycles. The van der Waals surface area contributed by atoms with Crippen molar-refractivity contribution in [1.82, 2.24) is 5.32 Å². The van der Waals surface area contributed by atoms with Gasteiger partial charge in [-0.05, 0) is 6.92 Å². The van der Waals surface area contributed by atoms with Crippen LogP contribution in [0.25, 0.3) is 0 Å². The highest BCUT2D eigenvalue weighted by Gasteiger charge is 2.38. The van der Waals surface area contributed by atoms with E-state index in [1.807, 2.05) is 0 Å². The van der Waals surface area contributed by atoms with Gasteiger partial charge in [0.05, 0.1) is 5.37 Å². The Kier molecular flexibility index (Phi) is 3.01. The van der Waals surface area contributed by atoms with Crippen LogP contribution in [-0.4, -0.2) is 17.5 Å². The maximum absolute atomic E-state index is 11.4. The number of amides is 1. The molecule has 0 radical (unpaired) electrons. The first kappa shape index (κ1) is 9.61. The zero-order chi connectivity index (χ0) is 8.36. The molecule has 0 spiro atoms. The zero-order valence-corrected chi connectivity index (χ0v) is 5.96. The Morgan fingerprint density at radius 3 is 2.10 bits per heavy atom. The van der Waals surface area contributed by atoms with E-state index >= 15 is 0 Å². The largest absolute Gasteiger partial charge is 0.471 e. The fourth-order valence-electron chi connectivity index (χ4n) is 0.272. The minimum atomic E-state index is -4.81. The predicted molar refractivity (Wildman–Crippen MR) is 32.6 cm³/mol. The molecule has 2 nitrogen and oxygen atoms in total. The Bertz CT molecular complexity index is 133. The summed E-state index contributed by atoms with van der Waals surface area (Å²) in [5, 5.41) is 0.800. The number of nitrogens with one attached hydrogen (secondary N) is 1. The summed E-state index contributed by atoms with van der Waals surface area (Å²) in [6.45, 7) is 1.33. The molecule has 0 saturated carbocycles. The molecule has 0 aliphatic carbocycles. The highest BCUT2D eigenvalue weighted by atomic mass is 32.1. The van der Waals surface area contributed by atoms with Crippen molar-refractivity contribution in [2.24, 2.45) is 0 Å². The lowest BCUT2D eigenvalue weighted by atomic mass is 10.5. The molecule has 1 N–H and O–H groups in total. The lowest BCUT2D eigenvalue weighted by Gasteiger charge is -2.09. The minimum absolute atomic E-state index is 0.783. The lowest BCUT2D eigenvalue weighted by molar-refractivity contribution is -0.173. The summed E-state index contributed by atoms with van der Waals surface area (Å²) in [4.78, 5) is 9.99. The van der Waals surface area contributed by atoms with Crippen LogP contribution < -0.4 is 5.32 Å². The van der Waals surface area contributed by atoms with E-state index in [1.54, 1.807) is 5.32 Å². The summed E-state index contributed by atoms with van der Waals surface area (Å²) >= 11 is 3.54. The fourth-order valence-corrected chi connectivity index (χ4v) is 0.389. The number of hydrogen-bond donors (Lipinski definition) is 2. The van der Waals surface area contributed by atoms with E-state index in [9.17, 15) is 18.0 Å². The predicted octanol–water partition coefficient (Wildman–Crippen LogP) is 0.941. The molecule has 6 heteroatoms. The van der Waals surface area contributed by atoms with Crippen molar-refractivity contribution in [3.8, 4) is 0 Å². The standard InChI is InChI=1S/C4H6F3NOS/c1-2(10)8-3(9)4(5,6)7/h2,10H,1H3,(H,8,9)/t2-/m0/s1. The number of rotatable bonds is 1. The molecule has 0 unspecified atom stereocenters. The van der Waals surface area contributed by atoms with Crippen molar-refractivity contribution >= 4 is 18.5 Å². The van der Waals surface area contributed by atoms with Gasteiger partial charge in [0, 0.05) is 0 Å². The Labute approximate surface area is 61.2 Å². The van der Waals surface area contributed by atoms with Gasteiger partial charge in [0.15, 0.2) is 0 Å². The quantitative estimate of drug-likeness (QED) is 0.448. The maximum Gasteiger partial charge on any atom is 0.471 e. The van der Waals surface area contributed by atoms with E-state index in [4.69, 9.17) is 0 Å². The van der Waals surface area contributed by atoms with Crippen molar-refractivity contribution in [3.05, 3.63) is 0 Å². The van der Waals surface area contributed by atoms with E-state index in [-0.39, 0.29) is 0 Å². The van der Waals surface area contributed by atoms with Crippen LogP contribution in [0.5, 0.6) is 0 Å². The van der Waals surface area contributed by atoms with Crippen LogP contribution in [0.1, 0.15) is 6.92 Å². The SMILES string of the molecule is C[C@H](S)NC(=O)C(F)(F)F. The van der Waals surface area contributed by atoms with Crippen LogP contribution in [0.4, 0.5) is 13.2 Å². The Morgan fingerprint density at radius 1 is 1.60 bits per heavy atom. The van der Waals surface area contributed by atoms with Gasteiger partial charge in [0.1, 0.15) is 0 Å². The Hall–Kier alpha value is -0.390. The van der Waals surface area contributed by atoms with Gasteiger partial charge < -0.3 is 5.32 Å². The third-order valence-corrected chi connectivity index (χ3v) is 0.727. The topological polar surface area (TPSA) is 29.1 Å². The molecule has 0 aliphatic rings. The minimum Gasteiger partial charge on any atom is -0.337 e. The summed E-state index contributed by atoms with van der Waals surface area (Å²) in [5.74, 6) is -1.96. The van der Waals surface area contributed by atoms with E-state index in [1.165, 1.54) is 6.92 Å². The van der Waals surface area contributed by atoms with Gasteiger partial charge in [-0.2, -0.15) is 25.8 Å². The first-order chi connectivity index (χ1) is 4.34. The van der Waals surface area contributed by atoms with Crippen LogP contribution in [0.3, 0.4) is 0 Å². The molecular weight excluding hydrogens is 167 g/mol. The second-order valence-electron chi connectivity index (χ2n) is 1.65. The Morgan fingerprint density at radius 2 is 2.00 bits per heavy atom. The van der Waals surface area contributed by atoms with E-state index in [2.05, 4.69) is 12.6 Å². The lowest BCUT2D eigenvalue weighted by Crippen LogP contribution is -2.39. The van der Waals surface area contributed by atoms with Crippen molar-refractivity contribution < 1.29 is 18.0 Å². The third kappa shape index (κ3) is 3.60. The van der Waals surface area contributed by atoms with Gasteiger partial charge in [-0.3, -0.25) is 4.79 Å². The van der Waals surface area contributed by atoms with Gasteiger partial charge in [0.25, 0.3) is 0 Å². The molecule has 10 heavy (non-hydrogen) atoms. The van der Waals surface area contributed by atoms with Crippen molar-refractivity contribution in [1.29, 1.82) is 0 Å². The molecule has 0 aliphatic heterocycles. The second-order valence-corrected chi connectivity index (χ2v) is 2.42. The number of hydrogen-bond acceptors (Lipinski definition) is 2. The molecule has 0 rings (SSSR count). The van der Waals surface area contributed by atoms with Crippen molar-refractivity contribution in [2.45, 2.75) is 18.5 Å². The molecule has 0 aromatic heterocycles. The normalized spacial score (nSPS) is 14.5.